The van der Waals surface area contributed by atoms with Crippen LogP contribution >= 0.6 is 0 Å². The van der Waals surface area contributed by atoms with Crippen molar-refractivity contribution in [1.82, 2.24) is 19.6 Å². The summed E-state index contributed by atoms with van der Waals surface area (Å²) >= 11 is 0. The van der Waals surface area contributed by atoms with E-state index in [9.17, 15) is 36.4 Å². The van der Waals surface area contributed by atoms with Gasteiger partial charge >= 0.3 is 5.97 Å². The van der Waals surface area contributed by atoms with Gasteiger partial charge in [-0.2, -0.15) is 8.78 Å². The molecule has 1 N–H and O–H groups in total. The van der Waals surface area contributed by atoms with Gasteiger partial charge in [-0.3, -0.25) is 23.9 Å². The quantitative estimate of drug-likeness (QED) is 0.171. The number of allylic oxidation sites excluding steroid dienone is 1. The van der Waals surface area contributed by atoms with Crippen LogP contribution in [0.5, 0.6) is 11.6 Å². The Kier molecular flexibility index (Phi) is 12.3. The van der Waals surface area contributed by atoms with Gasteiger partial charge < -0.3 is 19.1 Å². The van der Waals surface area contributed by atoms with Crippen LogP contribution in [0.4, 0.5) is 17.6 Å². The Hall–Kier alpha value is -4.35. The number of aromatic nitrogens is 2. The first-order chi connectivity index (χ1) is 28.6. The number of alkyl halides is 4. The van der Waals surface area contributed by atoms with Gasteiger partial charge in [-0.1, -0.05) is 46.3 Å². The van der Waals surface area contributed by atoms with Crippen molar-refractivity contribution in [3.05, 3.63) is 36.0 Å². The van der Waals surface area contributed by atoms with Crippen molar-refractivity contribution in [3.8, 4) is 11.6 Å². The van der Waals surface area contributed by atoms with Gasteiger partial charge in [-0.05, 0) is 62.0 Å². The van der Waals surface area contributed by atoms with Gasteiger partial charge in [0.2, 0.25) is 34.1 Å². The predicted octanol–water partition coefficient (Wildman–Crippen LogP) is 6.67. The summed E-state index contributed by atoms with van der Waals surface area (Å²) in [6, 6.07) is 3.09. The highest BCUT2D eigenvalue weighted by Crippen LogP contribution is 2.59. The molecule has 5 aliphatic rings. The Bertz CT molecular complexity index is 2200. The van der Waals surface area contributed by atoms with Crippen molar-refractivity contribution in [2.24, 2.45) is 34.5 Å². The van der Waals surface area contributed by atoms with Gasteiger partial charge in [-0.15, -0.1) is 0 Å². The number of hydrogen-bond acceptors (Lipinski definition) is 11. The first-order valence-electron chi connectivity index (χ1n) is 21.1. The number of rotatable bonds is 8. The number of hydrogen-bond donors (Lipinski definition) is 1. The number of nitrogens with zero attached hydrogens (tertiary/aromatic N) is 3. The summed E-state index contributed by atoms with van der Waals surface area (Å²) in [5, 5.41) is -0.842. The van der Waals surface area contributed by atoms with Crippen LogP contribution in [0.25, 0.3) is 11.0 Å². The SMILES string of the molecule is COc1ccc2nc3c(nc2c1)O[C@H]1CN(C(=O)[C@H](C(C)(C)C)CC(=O)O[C@@H]2CC=CC[C@H]2CCCCC3(F)F)[C@H](C(=O)C[C@]2(C(=O)NS(=O)(=O)C3CC3)C[C@H]2C(F)F)[C@@H]1C. The third kappa shape index (κ3) is 9.24. The molecule has 3 aliphatic carbocycles. The number of ketones is 1. The van der Waals surface area contributed by atoms with Crippen molar-refractivity contribution in [3.63, 3.8) is 0 Å². The second-order valence-corrected chi connectivity index (χ2v) is 20.6. The lowest BCUT2D eigenvalue weighted by atomic mass is 9.77. The molecule has 1 aromatic heterocycles. The van der Waals surface area contributed by atoms with Crippen molar-refractivity contribution in [2.75, 3.05) is 13.7 Å². The molecule has 8 atom stereocenters. The molecule has 3 fully saturated rings. The third-order valence-corrected chi connectivity index (χ3v) is 15.1. The van der Waals surface area contributed by atoms with Crippen LogP contribution in [0.3, 0.4) is 0 Å². The van der Waals surface area contributed by atoms with Crippen LogP contribution in [0.1, 0.15) is 104 Å². The van der Waals surface area contributed by atoms with Crippen molar-refractivity contribution in [1.29, 1.82) is 0 Å². The molecule has 61 heavy (non-hydrogen) atoms. The molecule has 1 aromatic carbocycles. The molecule has 2 saturated carbocycles. The molecule has 13 nitrogen and oxygen atoms in total. The lowest BCUT2D eigenvalue weighted by Crippen LogP contribution is -2.50. The lowest BCUT2D eigenvalue weighted by Gasteiger charge is -2.36. The van der Waals surface area contributed by atoms with Gasteiger partial charge in [0.15, 0.2) is 11.5 Å². The van der Waals surface area contributed by atoms with Gasteiger partial charge in [-0.25, -0.2) is 27.2 Å². The first kappa shape index (κ1) is 44.7. The van der Waals surface area contributed by atoms with E-state index in [1.54, 1.807) is 26.8 Å². The maximum absolute atomic E-state index is 16.5. The maximum atomic E-state index is 16.5. The standard InChI is InChI=1S/C43H54F4N4O9S/c1-23-33-22-51(35(23)31(52)21-42(20-28(42)37(44)45)40(55)50-61(56,57)26-14-15-26)39(54)27(41(2,3)4)19-34(53)59-32-12-7-6-10-24(32)11-8-9-17-43(46,47)36-38(60-33)49-30-18-25(58-5)13-16-29(30)48-36/h6-7,13,16,18,23-24,26-28,32-33,35,37H,8-12,14-15,17,19-22H2,1-5H3,(H,50,55)/t23-,24+,27-,28+,32-,33+,35+,42-/m1/s1. The zero-order chi connectivity index (χ0) is 44.2. The molecule has 3 heterocycles. The van der Waals surface area contributed by atoms with E-state index in [0.29, 0.717) is 44.3 Å². The van der Waals surface area contributed by atoms with E-state index >= 15 is 8.78 Å². The summed E-state index contributed by atoms with van der Waals surface area (Å²) in [6.45, 7) is 6.40. The van der Waals surface area contributed by atoms with E-state index in [-0.39, 0.29) is 36.3 Å². The number of esters is 1. The molecular formula is C43H54F4N4O9S. The molecule has 2 amide bonds. The molecule has 2 bridgehead atoms. The van der Waals surface area contributed by atoms with Crippen molar-refractivity contribution < 1.29 is 59.4 Å². The predicted molar refractivity (Wildman–Crippen MR) is 213 cm³/mol. The van der Waals surface area contributed by atoms with E-state index in [1.807, 2.05) is 16.9 Å². The largest absolute Gasteiger partial charge is 0.497 e. The van der Waals surface area contributed by atoms with Crippen LogP contribution in [-0.2, 0) is 39.9 Å². The van der Waals surface area contributed by atoms with E-state index in [0.717, 1.165) is 0 Å². The number of methoxy groups -OCH3 is 1. The molecule has 0 spiro atoms. The summed E-state index contributed by atoms with van der Waals surface area (Å²) in [4.78, 5) is 67.0. The monoisotopic (exact) mass is 878 g/mol. The number of Topliss-reactive ketones (excluding diaryl/α,β-unsaturated/α-hetero) is 1. The highest BCUT2D eigenvalue weighted by atomic mass is 32.2. The Balaban J connectivity index is 1.30. The van der Waals surface area contributed by atoms with E-state index < -0.39 is 129 Å². The highest BCUT2D eigenvalue weighted by molar-refractivity contribution is 7.90. The number of nitrogens with one attached hydrogen (secondary N) is 1. The summed E-state index contributed by atoms with van der Waals surface area (Å²) in [5.74, 6) is -10.9. The number of amides is 2. The van der Waals surface area contributed by atoms with Crippen LogP contribution in [0.2, 0.25) is 0 Å². The first-order valence-corrected chi connectivity index (χ1v) is 22.6. The molecule has 2 aliphatic heterocycles. The summed E-state index contributed by atoms with van der Waals surface area (Å²) in [7, 11) is -2.74. The van der Waals surface area contributed by atoms with Crippen LogP contribution in [-0.4, -0.2) is 90.4 Å². The molecule has 334 valence electrons. The molecule has 0 unspecified atom stereocenters. The summed E-state index contributed by atoms with van der Waals surface area (Å²) < 4.78 is 107. The van der Waals surface area contributed by atoms with Crippen molar-refractivity contribution >= 4 is 44.6 Å². The Morgan fingerprint density at radius 1 is 1.02 bits per heavy atom. The topological polar surface area (TPSA) is 171 Å². The van der Waals surface area contributed by atoms with Crippen LogP contribution in [0.15, 0.2) is 30.4 Å². The minimum Gasteiger partial charge on any atom is -0.497 e. The number of carbonyl (C=O) groups excluding carboxylic acids is 4. The zero-order valence-corrected chi connectivity index (χ0v) is 35.8. The van der Waals surface area contributed by atoms with E-state index in [4.69, 9.17) is 14.2 Å². The molecule has 2 aromatic rings. The molecule has 18 heteroatoms. The number of ether oxygens (including phenoxy) is 3. The Morgan fingerprint density at radius 3 is 2.39 bits per heavy atom. The van der Waals surface area contributed by atoms with E-state index in [1.165, 1.54) is 31.1 Å². The fraction of sp³-hybridized carbons (Fsp3) is 0.674. The molecule has 1 saturated heterocycles. The minimum atomic E-state index is -4.17. The van der Waals surface area contributed by atoms with Crippen LogP contribution in [0, 0.1) is 34.5 Å². The van der Waals surface area contributed by atoms with Gasteiger partial charge in [0.1, 0.15) is 18.0 Å². The number of sulfonamides is 1. The van der Waals surface area contributed by atoms with Crippen molar-refractivity contribution in [2.45, 2.75) is 134 Å². The normalized spacial score (nSPS) is 31.0. The molecular weight excluding hydrogens is 825 g/mol. The Morgan fingerprint density at radius 2 is 1.74 bits per heavy atom. The summed E-state index contributed by atoms with van der Waals surface area (Å²) in [6.07, 6.45) is -0.647. The Labute approximate surface area is 352 Å². The maximum Gasteiger partial charge on any atom is 0.306 e. The minimum absolute atomic E-state index is 0.0946. The highest BCUT2D eigenvalue weighted by Gasteiger charge is 2.66. The molecule has 7 rings (SSSR count). The summed E-state index contributed by atoms with van der Waals surface area (Å²) in [5.41, 5.74) is -3.40. The fourth-order valence-electron chi connectivity index (χ4n) is 9.24. The second-order valence-electron chi connectivity index (χ2n) is 18.6. The van der Waals surface area contributed by atoms with Gasteiger partial charge in [0.05, 0.1) is 53.7 Å². The average molecular weight is 879 g/mol. The van der Waals surface area contributed by atoms with E-state index in [2.05, 4.69) is 9.97 Å². The lowest BCUT2D eigenvalue weighted by molar-refractivity contribution is -0.159. The average Bonchev–Trinajstić information content (AvgIpc) is 4.12. The fourth-order valence-corrected chi connectivity index (χ4v) is 10.6. The second kappa shape index (κ2) is 16.7. The molecule has 0 radical (unpaired) electrons. The number of benzene rings is 1. The number of carbonyl (C=O) groups is 4. The van der Waals surface area contributed by atoms with Crippen LogP contribution < -0.4 is 14.2 Å². The third-order valence-electron chi connectivity index (χ3n) is 13.2. The van der Waals surface area contributed by atoms with Gasteiger partial charge in [0, 0.05) is 37.2 Å². The smallest absolute Gasteiger partial charge is 0.306 e. The number of fused-ring (bicyclic) bond motifs is 5. The number of halogens is 4. The zero-order valence-electron chi connectivity index (χ0n) is 35.0. The van der Waals surface area contributed by atoms with Gasteiger partial charge in [0.25, 0.3) is 5.92 Å².